The molecular formula is C13H28N4. The summed E-state index contributed by atoms with van der Waals surface area (Å²) in [7, 11) is 4.37. The zero-order chi connectivity index (χ0) is 12.8. The number of piperidine rings is 1. The molecule has 1 saturated heterocycles. The van der Waals surface area contributed by atoms with E-state index in [0.717, 1.165) is 12.6 Å². The Hall–Kier alpha value is -0.610. The van der Waals surface area contributed by atoms with Crippen LogP contribution in [-0.4, -0.2) is 54.9 Å². The van der Waals surface area contributed by atoms with Gasteiger partial charge >= 0.3 is 0 Å². The van der Waals surface area contributed by atoms with E-state index in [-0.39, 0.29) is 0 Å². The first-order valence-electron chi connectivity index (χ1n) is 6.74. The fourth-order valence-corrected chi connectivity index (χ4v) is 2.56. The Balaban J connectivity index is 2.26. The van der Waals surface area contributed by atoms with Gasteiger partial charge in [-0.3, -0.25) is 5.41 Å². The van der Waals surface area contributed by atoms with Crippen LogP contribution in [0.4, 0.5) is 0 Å². The minimum Gasteiger partial charge on any atom is -0.388 e. The normalized spacial score (nSPS) is 23.9. The topological polar surface area (TPSA) is 56.4 Å². The molecule has 4 nitrogen and oxygen atoms in total. The Morgan fingerprint density at radius 2 is 2.24 bits per heavy atom. The standard InChI is InChI=1S/C13H28N4/c1-11(10-13(14)15)16(2)9-7-12-6-4-5-8-17(12)3/h11-12H,4-10H2,1-3H3,(H3,14,15). The molecule has 0 aromatic rings. The summed E-state index contributed by atoms with van der Waals surface area (Å²) < 4.78 is 0. The molecule has 1 aliphatic heterocycles. The van der Waals surface area contributed by atoms with Crippen molar-refractivity contribution < 1.29 is 0 Å². The van der Waals surface area contributed by atoms with E-state index in [1.807, 2.05) is 0 Å². The van der Waals surface area contributed by atoms with Gasteiger partial charge in [0.1, 0.15) is 0 Å². The molecule has 2 unspecified atom stereocenters. The van der Waals surface area contributed by atoms with Gasteiger partial charge < -0.3 is 15.5 Å². The molecule has 0 spiro atoms. The molecule has 0 aromatic heterocycles. The highest BCUT2D eigenvalue weighted by molar-refractivity contribution is 5.77. The maximum absolute atomic E-state index is 7.32. The fraction of sp³-hybridized carbons (Fsp3) is 0.923. The maximum atomic E-state index is 7.32. The van der Waals surface area contributed by atoms with Gasteiger partial charge in [0.2, 0.25) is 0 Å². The summed E-state index contributed by atoms with van der Waals surface area (Å²) in [5.41, 5.74) is 5.44. The summed E-state index contributed by atoms with van der Waals surface area (Å²) in [5.74, 6) is 0.291. The number of hydrogen-bond acceptors (Lipinski definition) is 3. The molecule has 1 heterocycles. The molecule has 0 aliphatic carbocycles. The summed E-state index contributed by atoms with van der Waals surface area (Å²) in [5, 5.41) is 7.32. The number of nitrogens with one attached hydrogen (secondary N) is 1. The van der Waals surface area contributed by atoms with Crippen molar-refractivity contribution in [3.63, 3.8) is 0 Å². The largest absolute Gasteiger partial charge is 0.388 e. The molecule has 0 amide bonds. The summed E-state index contributed by atoms with van der Waals surface area (Å²) >= 11 is 0. The van der Waals surface area contributed by atoms with Crippen LogP contribution < -0.4 is 5.73 Å². The molecule has 1 fully saturated rings. The van der Waals surface area contributed by atoms with Crippen LogP contribution in [0.3, 0.4) is 0 Å². The number of amidine groups is 1. The molecule has 100 valence electrons. The Bertz CT molecular complexity index is 242. The van der Waals surface area contributed by atoms with Crippen molar-refractivity contribution in [1.29, 1.82) is 5.41 Å². The third-order valence-corrected chi connectivity index (χ3v) is 4.00. The SMILES string of the molecule is CC(CC(=N)N)N(C)CCC1CCCCN1C. The predicted molar refractivity (Wildman–Crippen MR) is 73.5 cm³/mol. The zero-order valence-corrected chi connectivity index (χ0v) is 11.6. The van der Waals surface area contributed by atoms with Gasteiger partial charge in [-0.1, -0.05) is 6.42 Å². The van der Waals surface area contributed by atoms with E-state index in [4.69, 9.17) is 11.1 Å². The van der Waals surface area contributed by atoms with E-state index >= 15 is 0 Å². The average molecular weight is 240 g/mol. The quantitative estimate of drug-likeness (QED) is 0.546. The molecule has 1 rings (SSSR count). The van der Waals surface area contributed by atoms with Crippen molar-refractivity contribution in [3.8, 4) is 0 Å². The molecule has 0 radical (unpaired) electrons. The van der Waals surface area contributed by atoms with E-state index < -0.39 is 0 Å². The average Bonchev–Trinajstić information content (AvgIpc) is 2.26. The molecule has 4 heteroatoms. The predicted octanol–water partition coefficient (Wildman–Crippen LogP) is 1.51. The second-order valence-corrected chi connectivity index (χ2v) is 5.48. The van der Waals surface area contributed by atoms with Crippen LogP contribution in [0, 0.1) is 5.41 Å². The molecule has 1 aliphatic rings. The number of likely N-dealkylation sites (tertiary alicyclic amines) is 1. The smallest absolute Gasteiger partial charge is 0.0920 e. The van der Waals surface area contributed by atoms with Gasteiger partial charge in [0.05, 0.1) is 5.84 Å². The van der Waals surface area contributed by atoms with Gasteiger partial charge in [0.25, 0.3) is 0 Å². The second-order valence-electron chi connectivity index (χ2n) is 5.48. The van der Waals surface area contributed by atoms with Gasteiger partial charge in [-0.2, -0.15) is 0 Å². The lowest BCUT2D eigenvalue weighted by Crippen LogP contribution is -2.40. The van der Waals surface area contributed by atoms with Crippen LogP contribution in [-0.2, 0) is 0 Å². The number of nitrogens with zero attached hydrogens (tertiary/aromatic N) is 2. The second kappa shape index (κ2) is 6.97. The molecule has 17 heavy (non-hydrogen) atoms. The summed E-state index contributed by atoms with van der Waals surface area (Å²) in [6, 6.07) is 1.12. The lowest BCUT2D eigenvalue weighted by molar-refractivity contribution is 0.151. The Labute approximate surface area is 106 Å². The number of hydrogen-bond donors (Lipinski definition) is 2. The van der Waals surface area contributed by atoms with Gasteiger partial charge in [-0.15, -0.1) is 0 Å². The van der Waals surface area contributed by atoms with Crippen molar-refractivity contribution in [3.05, 3.63) is 0 Å². The van der Waals surface area contributed by atoms with Crippen molar-refractivity contribution in [1.82, 2.24) is 9.80 Å². The van der Waals surface area contributed by atoms with E-state index in [1.165, 1.54) is 32.2 Å². The van der Waals surface area contributed by atoms with Crippen LogP contribution in [0.5, 0.6) is 0 Å². The Morgan fingerprint density at radius 3 is 2.82 bits per heavy atom. The first-order valence-corrected chi connectivity index (χ1v) is 6.74. The summed E-state index contributed by atoms with van der Waals surface area (Å²) in [6.07, 6.45) is 5.98. The third kappa shape index (κ3) is 5.04. The van der Waals surface area contributed by atoms with E-state index in [2.05, 4.69) is 30.8 Å². The highest BCUT2D eigenvalue weighted by Crippen LogP contribution is 2.18. The van der Waals surface area contributed by atoms with Crippen LogP contribution in [0.2, 0.25) is 0 Å². The van der Waals surface area contributed by atoms with Crippen molar-refractivity contribution >= 4 is 5.84 Å². The van der Waals surface area contributed by atoms with Gasteiger partial charge in [0, 0.05) is 18.5 Å². The number of nitrogens with two attached hydrogens (primary N) is 1. The molecule has 2 atom stereocenters. The van der Waals surface area contributed by atoms with E-state index in [0.29, 0.717) is 18.3 Å². The third-order valence-electron chi connectivity index (χ3n) is 4.00. The molecular weight excluding hydrogens is 212 g/mol. The van der Waals surface area contributed by atoms with Crippen LogP contribution >= 0.6 is 0 Å². The molecule has 0 aromatic carbocycles. The Kier molecular flexibility index (Phi) is 5.92. The highest BCUT2D eigenvalue weighted by Gasteiger charge is 2.20. The zero-order valence-electron chi connectivity index (χ0n) is 11.6. The maximum Gasteiger partial charge on any atom is 0.0920 e. The molecule has 3 N–H and O–H groups in total. The Morgan fingerprint density at radius 1 is 1.53 bits per heavy atom. The lowest BCUT2D eigenvalue weighted by atomic mass is 9.99. The first-order chi connectivity index (χ1) is 8.00. The summed E-state index contributed by atoms with van der Waals surface area (Å²) in [6.45, 7) is 4.49. The van der Waals surface area contributed by atoms with E-state index in [1.54, 1.807) is 0 Å². The van der Waals surface area contributed by atoms with Crippen LogP contribution in [0.1, 0.15) is 39.0 Å². The highest BCUT2D eigenvalue weighted by atomic mass is 15.2. The van der Waals surface area contributed by atoms with Crippen molar-refractivity contribution in [2.24, 2.45) is 5.73 Å². The van der Waals surface area contributed by atoms with Gasteiger partial charge in [-0.05, 0) is 53.4 Å². The monoisotopic (exact) mass is 240 g/mol. The van der Waals surface area contributed by atoms with E-state index in [9.17, 15) is 0 Å². The molecule has 0 bridgehead atoms. The lowest BCUT2D eigenvalue weighted by Gasteiger charge is -2.34. The van der Waals surface area contributed by atoms with Crippen molar-refractivity contribution in [2.75, 3.05) is 27.2 Å². The minimum absolute atomic E-state index is 0.291. The summed E-state index contributed by atoms with van der Waals surface area (Å²) in [4.78, 5) is 4.82. The van der Waals surface area contributed by atoms with Crippen LogP contribution in [0.15, 0.2) is 0 Å². The first kappa shape index (κ1) is 14.5. The van der Waals surface area contributed by atoms with Gasteiger partial charge in [-0.25, -0.2) is 0 Å². The number of rotatable bonds is 6. The van der Waals surface area contributed by atoms with Crippen molar-refractivity contribution in [2.45, 2.75) is 51.1 Å². The fourth-order valence-electron chi connectivity index (χ4n) is 2.56. The minimum atomic E-state index is 0.291. The van der Waals surface area contributed by atoms with Gasteiger partial charge in [0.15, 0.2) is 0 Å². The molecule has 0 saturated carbocycles. The van der Waals surface area contributed by atoms with Crippen LogP contribution in [0.25, 0.3) is 0 Å².